The van der Waals surface area contributed by atoms with E-state index in [0.717, 1.165) is 23.2 Å². The standard InChI is InChI=1S/C12H15BrN2O3/c1-17-12(16)8-4-11(9(13)5-10(8)14)15-7-2-3-18-6-7/h4-5,7,15H,2-3,6,14H2,1H3. The highest BCUT2D eigenvalue weighted by Crippen LogP contribution is 2.30. The lowest BCUT2D eigenvalue weighted by molar-refractivity contribution is 0.0602. The zero-order valence-corrected chi connectivity index (χ0v) is 11.6. The van der Waals surface area contributed by atoms with Gasteiger partial charge < -0.3 is 20.5 Å². The van der Waals surface area contributed by atoms with Gasteiger partial charge in [-0.1, -0.05) is 0 Å². The number of nitrogen functional groups attached to an aromatic ring is 1. The predicted octanol–water partition coefficient (Wildman–Crippen LogP) is 2.02. The SMILES string of the molecule is COC(=O)c1cc(NC2CCOC2)c(Br)cc1N. The first kappa shape index (κ1) is 13.2. The lowest BCUT2D eigenvalue weighted by atomic mass is 10.1. The highest BCUT2D eigenvalue weighted by molar-refractivity contribution is 9.10. The summed E-state index contributed by atoms with van der Waals surface area (Å²) in [6, 6.07) is 3.66. The van der Waals surface area contributed by atoms with Crippen LogP contribution < -0.4 is 11.1 Å². The Morgan fingerprint density at radius 1 is 1.61 bits per heavy atom. The highest BCUT2D eigenvalue weighted by Gasteiger charge is 2.18. The number of esters is 1. The van der Waals surface area contributed by atoms with Crippen molar-refractivity contribution >= 4 is 33.3 Å². The fraction of sp³-hybridized carbons (Fsp3) is 0.417. The van der Waals surface area contributed by atoms with Crippen LogP contribution in [0.15, 0.2) is 16.6 Å². The van der Waals surface area contributed by atoms with Crippen LogP contribution in [0.5, 0.6) is 0 Å². The van der Waals surface area contributed by atoms with Gasteiger partial charge in [-0.2, -0.15) is 0 Å². The third kappa shape index (κ3) is 2.76. The molecule has 1 atom stereocenters. The summed E-state index contributed by atoms with van der Waals surface area (Å²) in [7, 11) is 1.34. The average molecular weight is 315 g/mol. The summed E-state index contributed by atoms with van der Waals surface area (Å²) in [5.41, 5.74) is 7.36. The molecule has 0 aromatic heterocycles. The van der Waals surface area contributed by atoms with Gasteiger partial charge in [0.25, 0.3) is 0 Å². The number of halogens is 1. The van der Waals surface area contributed by atoms with E-state index < -0.39 is 5.97 Å². The Balaban J connectivity index is 2.25. The van der Waals surface area contributed by atoms with Crippen molar-refractivity contribution in [3.8, 4) is 0 Å². The number of benzene rings is 1. The van der Waals surface area contributed by atoms with E-state index in [1.165, 1.54) is 7.11 Å². The summed E-state index contributed by atoms with van der Waals surface area (Å²) >= 11 is 3.42. The van der Waals surface area contributed by atoms with E-state index in [-0.39, 0.29) is 6.04 Å². The molecule has 1 aromatic carbocycles. The maximum absolute atomic E-state index is 11.6. The van der Waals surface area contributed by atoms with E-state index in [1.807, 2.05) is 0 Å². The van der Waals surface area contributed by atoms with Gasteiger partial charge in [0.15, 0.2) is 0 Å². The third-order valence-corrected chi connectivity index (χ3v) is 3.49. The van der Waals surface area contributed by atoms with Gasteiger partial charge in [0.1, 0.15) is 0 Å². The monoisotopic (exact) mass is 314 g/mol. The van der Waals surface area contributed by atoms with Gasteiger partial charge in [-0.15, -0.1) is 0 Å². The zero-order chi connectivity index (χ0) is 13.1. The quantitative estimate of drug-likeness (QED) is 0.659. The molecule has 1 aliphatic rings. The predicted molar refractivity (Wildman–Crippen MR) is 72.7 cm³/mol. The smallest absolute Gasteiger partial charge is 0.340 e. The van der Waals surface area contributed by atoms with Crippen LogP contribution >= 0.6 is 15.9 Å². The number of carbonyl (C=O) groups is 1. The number of nitrogens with one attached hydrogen (secondary N) is 1. The van der Waals surface area contributed by atoms with Crippen molar-refractivity contribution in [2.75, 3.05) is 31.4 Å². The van der Waals surface area contributed by atoms with Gasteiger partial charge in [0, 0.05) is 22.5 Å². The fourth-order valence-corrected chi connectivity index (χ4v) is 2.33. The third-order valence-electron chi connectivity index (χ3n) is 2.83. The minimum Gasteiger partial charge on any atom is -0.465 e. The summed E-state index contributed by atoms with van der Waals surface area (Å²) in [5, 5.41) is 3.32. The van der Waals surface area contributed by atoms with Crippen LogP contribution in [0.25, 0.3) is 0 Å². The van der Waals surface area contributed by atoms with Crippen LogP contribution in [0, 0.1) is 0 Å². The van der Waals surface area contributed by atoms with Crippen molar-refractivity contribution in [3.63, 3.8) is 0 Å². The van der Waals surface area contributed by atoms with E-state index in [0.29, 0.717) is 17.9 Å². The molecule has 0 spiro atoms. The molecular formula is C12H15BrN2O3. The molecule has 1 aromatic rings. The number of rotatable bonds is 3. The number of hydrogen-bond acceptors (Lipinski definition) is 5. The van der Waals surface area contributed by atoms with Crippen molar-refractivity contribution in [3.05, 3.63) is 22.2 Å². The Morgan fingerprint density at radius 3 is 3.00 bits per heavy atom. The molecular weight excluding hydrogens is 300 g/mol. The average Bonchev–Trinajstić information content (AvgIpc) is 2.84. The van der Waals surface area contributed by atoms with Crippen molar-refractivity contribution in [1.82, 2.24) is 0 Å². The molecule has 1 saturated heterocycles. The van der Waals surface area contributed by atoms with E-state index in [9.17, 15) is 4.79 Å². The lowest BCUT2D eigenvalue weighted by Crippen LogP contribution is -2.19. The minimum atomic E-state index is -0.439. The van der Waals surface area contributed by atoms with Crippen molar-refractivity contribution in [1.29, 1.82) is 0 Å². The summed E-state index contributed by atoms with van der Waals surface area (Å²) in [6.45, 7) is 1.43. The molecule has 0 bridgehead atoms. The number of hydrogen-bond donors (Lipinski definition) is 2. The summed E-state index contributed by atoms with van der Waals surface area (Å²) < 4.78 is 10.8. The van der Waals surface area contributed by atoms with E-state index in [2.05, 4.69) is 21.2 Å². The van der Waals surface area contributed by atoms with Crippen LogP contribution in [-0.2, 0) is 9.47 Å². The molecule has 98 valence electrons. The molecule has 2 rings (SSSR count). The molecule has 0 saturated carbocycles. The number of anilines is 2. The fourth-order valence-electron chi connectivity index (χ4n) is 1.85. The summed E-state index contributed by atoms with van der Waals surface area (Å²) in [5.74, 6) is -0.439. The number of ether oxygens (including phenoxy) is 2. The van der Waals surface area contributed by atoms with Gasteiger partial charge in [0.2, 0.25) is 0 Å². The molecule has 0 aliphatic carbocycles. The number of carbonyl (C=O) groups excluding carboxylic acids is 1. The Morgan fingerprint density at radius 2 is 2.39 bits per heavy atom. The Hall–Kier alpha value is -1.27. The molecule has 18 heavy (non-hydrogen) atoms. The van der Waals surface area contributed by atoms with Gasteiger partial charge in [0.05, 0.1) is 25.3 Å². The summed E-state index contributed by atoms with van der Waals surface area (Å²) in [4.78, 5) is 11.6. The molecule has 0 amide bonds. The molecule has 1 aliphatic heterocycles. The number of nitrogens with two attached hydrogens (primary N) is 1. The molecule has 1 unspecified atom stereocenters. The second kappa shape index (κ2) is 5.58. The maximum Gasteiger partial charge on any atom is 0.340 e. The Kier molecular flexibility index (Phi) is 4.08. The van der Waals surface area contributed by atoms with Crippen LogP contribution in [0.1, 0.15) is 16.8 Å². The van der Waals surface area contributed by atoms with Crippen LogP contribution in [0.4, 0.5) is 11.4 Å². The van der Waals surface area contributed by atoms with Crippen LogP contribution in [0.3, 0.4) is 0 Å². The van der Waals surface area contributed by atoms with Gasteiger partial charge in [-0.25, -0.2) is 4.79 Å². The van der Waals surface area contributed by atoms with Crippen molar-refractivity contribution in [2.45, 2.75) is 12.5 Å². The minimum absolute atomic E-state index is 0.260. The van der Waals surface area contributed by atoms with E-state index >= 15 is 0 Å². The zero-order valence-electron chi connectivity index (χ0n) is 10.0. The molecule has 1 fully saturated rings. The van der Waals surface area contributed by atoms with Crippen molar-refractivity contribution in [2.24, 2.45) is 0 Å². The lowest BCUT2D eigenvalue weighted by Gasteiger charge is -2.15. The molecule has 1 heterocycles. The first-order valence-electron chi connectivity index (χ1n) is 5.63. The Labute approximate surface area is 114 Å². The van der Waals surface area contributed by atoms with Gasteiger partial charge >= 0.3 is 5.97 Å². The second-order valence-corrected chi connectivity index (χ2v) is 4.97. The molecule has 5 nitrogen and oxygen atoms in total. The largest absolute Gasteiger partial charge is 0.465 e. The first-order chi connectivity index (χ1) is 8.61. The highest BCUT2D eigenvalue weighted by atomic mass is 79.9. The van der Waals surface area contributed by atoms with Crippen LogP contribution in [0.2, 0.25) is 0 Å². The summed E-state index contributed by atoms with van der Waals surface area (Å²) in [6.07, 6.45) is 0.949. The molecule has 0 radical (unpaired) electrons. The second-order valence-electron chi connectivity index (χ2n) is 4.12. The number of methoxy groups -OCH3 is 1. The molecule has 6 heteroatoms. The van der Waals surface area contributed by atoms with Gasteiger partial charge in [-0.05, 0) is 34.5 Å². The van der Waals surface area contributed by atoms with E-state index in [4.69, 9.17) is 15.2 Å². The topological polar surface area (TPSA) is 73.6 Å². The Bertz CT molecular complexity index is 459. The molecule has 3 N–H and O–H groups in total. The van der Waals surface area contributed by atoms with Crippen LogP contribution in [-0.4, -0.2) is 32.3 Å². The maximum atomic E-state index is 11.6. The van der Waals surface area contributed by atoms with Crippen molar-refractivity contribution < 1.29 is 14.3 Å². The van der Waals surface area contributed by atoms with Gasteiger partial charge in [-0.3, -0.25) is 0 Å². The first-order valence-corrected chi connectivity index (χ1v) is 6.42. The normalized spacial score (nSPS) is 18.7. The van der Waals surface area contributed by atoms with E-state index in [1.54, 1.807) is 12.1 Å².